The zero-order valence-electron chi connectivity index (χ0n) is 8.73. The predicted molar refractivity (Wildman–Crippen MR) is 59.5 cm³/mol. The molecule has 2 rings (SSSR count). The van der Waals surface area contributed by atoms with Crippen molar-refractivity contribution in [2.75, 3.05) is 0 Å². The lowest BCUT2D eigenvalue weighted by atomic mass is 10.0. The summed E-state index contributed by atoms with van der Waals surface area (Å²) < 4.78 is 0. The van der Waals surface area contributed by atoms with Crippen LogP contribution in [0.4, 0.5) is 0 Å². The molecule has 1 N–H and O–H groups in total. The number of carboxylic acids is 1. The second-order valence-corrected chi connectivity index (χ2v) is 4.04. The van der Waals surface area contributed by atoms with Crippen molar-refractivity contribution in [1.29, 1.82) is 0 Å². The van der Waals surface area contributed by atoms with E-state index in [2.05, 4.69) is 6.07 Å². The summed E-state index contributed by atoms with van der Waals surface area (Å²) in [6.45, 7) is 2.05. The van der Waals surface area contributed by atoms with Crippen LogP contribution in [0.3, 0.4) is 0 Å². The van der Waals surface area contributed by atoms with E-state index in [1.807, 2.05) is 31.2 Å². The molecule has 78 valence electrons. The monoisotopic (exact) mass is 202 g/mol. The number of hydrogen-bond acceptors (Lipinski definition) is 1. The molecule has 2 nitrogen and oxygen atoms in total. The van der Waals surface area contributed by atoms with E-state index in [4.69, 9.17) is 5.11 Å². The summed E-state index contributed by atoms with van der Waals surface area (Å²) in [5, 5.41) is 8.89. The number of allylic oxidation sites excluding steroid dienone is 1. The van der Waals surface area contributed by atoms with Gasteiger partial charge < -0.3 is 5.11 Å². The van der Waals surface area contributed by atoms with Gasteiger partial charge in [0, 0.05) is 0 Å². The maximum atomic E-state index is 10.8. The smallest absolute Gasteiger partial charge is 0.310 e. The first-order valence-corrected chi connectivity index (χ1v) is 5.17. The Morgan fingerprint density at radius 1 is 1.47 bits per heavy atom. The average molecular weight is 202 g/mol. The first kappa shape index (κ1) is 9.97. The van der Waals surface area contributed by atoms with Gasteiger partial charge in [0.2, 0.25) is 0 Å². The van der Waals surface area contributed by atoms with Gasteiger partial charge in [-0.05, 0) is 30.9 Å². The highest BCUT2D eigenvalue weighted by Gasteiger charge is 2.22. The lowest BCUT2D eigenvalue weighted by molar-refractivity contribution is -0.140. The van der Waals surface area contributed by atoms with E-state index in [0.29, 0.717) is 0 Å². The molecule has 0 bridgehead atoms. The molecule has 0 fully saturated rings. The standard InChI is InChI=1S/C13H14O2/c1-9-3-2-4-10(7-9)11-5-6-12(8-11)13(14)15/h2-4,7-8,12H,5-6H2,1H3,(H,14,15)/t12-/m1/s1. The molecule has 1 aromatic rings. The molecule has 1 aliphatic carbocycles. The molecular formula is C13H14O2. The van der Waals surface area contributed by atoms with Gasteiger partial charge in [0.1, 0.15) is 0 Å². The summed E-state index contributed by atoms with van der Waals surface area (Å²) in [7, 11) is 0. The molecule has 0 amide bonds. The van der Waals surface area contributed by atoms with Crippen LogP contribution in [-0.2, 0) is 4.79 Å². The van der Waals surface area contributed by atoms with Crippen molar-refractivity contribution < 1.29 is 9.90 Å². The van der Waals surface area contributed by atoms with E-state index in [0.717, 1.165) is 12.8 Å². The fourth-order valence-electron chi connectivity index (χ4n) is 2.00. The molecule has 0 unspecified atom stereocenters. The average Bonchev–Trinajstić information content (AvgIpc) is 2.66. The topological polar surface area (TPSA) is 37.3 Å². The zero-order chi connectivity index (χ0) is 10.8. The highest BCUT2D eigenvalue weighted by atomic mass is 16.4. The van der Waals surface area contributed by atoms with Crippen LogP contribution in [0.5, 0.6) is 0 Å². The number of rotatable bonds is 2. The van der Waals surface area contributed by atoms with E-state index >= 15 is 0 Å². The predicted octanol–water partition coefficient (Wildman–Crippen LogP) is 2.87. The lowest BCUT2D eigenvalue weighted by Crippen LogP contribution is -2.06. The molecule has 0 saturated heterocycles. The van der Waals surface area contributed by atoms with Crippen LogP contribution in [-0.4, -0.2) is 11.1 Å². The molecule has 2 heteroatoms. The fraction of sp³-hybridized carbons (Fsp3) is 0.308. The van der Waals surface area contributed by atoms with Crippen LogP contribution >= 0.6 is 0 Å². The minimum Gasteiger partial charge on any atom is -0.481 e. The Bertz CT molecular complexity index is 418. The van der Waals surface area contributed by atoms with E-state index in [1.165, 1.54) is 16.7 Å². The van der Waals surface area contributed by atoms with E-state index in [1.54, 1.807) is 0 Å². The van der Waals surface area contributed by atoms with Crippen LogP contribution in [0.25, 0.3) is 5.57 Å². The van der Waals surface area contributed by atoms with Crippen molar-refractivity contribution in [3.63, 3.8) is 0 Å². The highest BCUT2D eigenvalue weighted by Crippen LogP contribution is 2.31. The van der Waals surface area contributed by atoms with E-state index in [9.17, 15) is 4.79 Å². The molecule has 0 aliphatic heterocycles. The summed E-state index contributed by atoms with van der Waals surface area (Å²) in [6, 6.07) is 8.21. The number of carboxylic acid groups (broad SMARTS) is 1. The van der Waals surface area contributed by atoms with Crippen LogP contribution in [0, 0.1) is 12.8 Å². The SMILES string of the molecule is Cc1cccc(C2=C[C@H](C(=O)O)CC2)c1. The Balaban J connectivity index is 2.26. The molecule has 0 aromatic heterocycles. The quantitative estimate of drug-likeness (QED) is 0.800. The van der Waals surface area contributed by atoms with Crippen LogP contribution in [0.2, 0.25) is 0 Å². The first-order chi connectivity index (χ1) is 7.16. The van der Waals surface area contributed by atoms with Gasteiger partial charge >= 0.3 is 5.97 Å². The normalized spacial score (nSPS) is 20.1. The number of aliphatic carboxylic acids is 1. The minimum atomic E-state index is -0.711. The van der Waals surface area contributed by atoms with Gasteiger partial charge in [0.05, 0.1) is 5.92 Å². The third-order valence-electron chi connectivity index (χ3n) is 2.83. The Labute approximate surface area is 89.2 Å². The third kappa shape index (κ3) is 2.09. The number of aryl methyl sites for hydroxylation is 1. The summed E-state index contributed by atoms with van der Waals surface area (Å²) in [5.74, 6) is -1.00. The second kappa shape index (κ2) is 3.89. The highest BCUT2D eigenvalue weighted by molar-refractivity contribution is 5.79. The Kier molecular flexibility index (Phi) is 2.58. The van der Waals surface area contributed by atoms with Crippen LogP contribution in [0.1, 0.15) is 24.0 Å². The fourth-order valence-corrected chi connectivity index (χ4v) is 2.00. The van der Waals surface area contributed by atoms with Crippen molar-refractivity contribution in [3.8, 4) is 0 Å². The molecule has 0 saturated carbocycles. The van der Waals surface area contributed by atoms with Gasteiger partial charge in [-0.3, -0.25) is 4.79 Å². The maximum absolute atomic E-state index is 10.8. The molecule has 15 heavy (non-hydrogen) atoms. The molecule has 0 spiro atoms. The Hall–Kier alpha value is -1.57. The van der Waals surface area contributed by atoms with Gasteiger partial charge in [-0.2, -0.15) is 0 Å². The van der Waals surface area contributed by atoms with Crippen molar-refractivity contribution in [2.24, 2.45) is 5.92 Å². The lowest BCUT2D eigenvalue weighted by Gasteiger charge is -2.02. The third-order valence-corrected chi connectivity index (χ3v) is 2.83. The van der Waals surface area contributed by atoms with Crippen LogP contribution in [0.15, 0.2) is 30.3 Å². The molecular weight excluding hydrogens is 188 g/mol. The van der Waals surface area contributed by atoms with Gasteiger partial charge in [0.25, 0.3) is 0 Å². The van der Waals surface area contributed by atoms with Crippen molar-refractivity contribution in [1.82, 2.24) is 0 Å². The Morgan fingerprint density at radius 2 is 2.27 bits per heavy atom. The maximum Gasteiger partial charge on any atom is 0.310 e. The summed E-state index contributed by atoms with van der Waals surface area (Å²) in [5.41, 5.74) is 3.55. The van der Waals surface area contributed by atoms with Gasteiger partial charge in [-0.1, -0.05) is 35.9 Å². The zero-order valence-corrected chi connectivity index (χ0v) is 8.73. The van der Waals surface area contributed by atoms with Crippen molar-refractivity contribution in [2.45, 2.75) is 19.8 Å². The van der Waals surface area contributed by atoms with Crippen molar-refractivity contribution in [3.05, 3.63) is 41.5 Å². The minimum absolute atomic E-state index is 0.291. The molecule has 0 radical (unpaired) electrons. The van der Waals surface area contributed by atoms with Gasteiger partial charge in [0.15, 0.2) is 0 Å². The van der Waals surface area contributed by atoms with E-state index in [-0.39, 0.29) is 5.92 Å². The largest absolute Gasteiger partial charge is 0.481 e. The number of hydrogen-bond donors (Lipinski definition) is 1. The number of carbonyl (C=O) groups is 1. The van der Waals surface area contributed by atoms with Gasteiger partial charge in [-0.15, -0.1) is 0 Å². The summed E-state index contributed by atoms with van der Waals surface area (Å²) in [6.07, 6.45) is 3.50. The summed E-state index contributed by atoms with van der Waals surface area (Å²) in [4.78, 5) is 10.8. The molecule has 1 aromatic carbocycles. The van der Waals surface area contributed by atoms with E-state index < -0.39 is 5.97 Å². The molecule has 1 atom stereocenters. The van der Waals surface area contributed by atoms with Crippen LogP contribution < -0.4 is 0 Å². The number of benzene rings is 1. The summed E-state index contributed by atoms with van der Waals surface area (Å²) >= 11 is 0. The molecule has 1 aliphatic rings. The first-order valence-electron chi connectivity index (χ1n) is 5.17. The molecule has 0 heterocycles. The Morgan fingerprint density at radius 3 is 2.87 bits per heavy atom. The van der Waals surface area contributed by atoms with Crippen molar-refractivity contribution >= 4 is 11.5 Å². The van der Waals surface area contributed by atoms with Gasteiger partial charge in [-0.25, -0.2) is 0 Å². The second-order valence-electron chi connectivity index (χ2n) is 4.04.